The summed E-state index contributed by atoms with van der Waals surface area (Å²) in [6, 6.07) is 2.28. The summed E-state index contributed by atoms with van der Waals surface area (Å²) in [5, 5.41) is 3.21. The number of halogens is 2. The van der Waals surface area contributed by atoms with Crippen LogP contribution in [-0.2, 0) is 4.79 Å². The topological polar surface area (TPSA) is 29.1 Å². The zero-order chi connectivity index (χ0) is 11.6. The maximum Gasteiger partial charge on any atom is 0.151 e. The molecule has 4 heteroatoms. The molecule has 0 fully saturated rings. The molecule has 0 aromatic heterocycles. The molecule has 1 N–H and O–H groups in total. The Hall–Kier alpha value is -0.930. The van der Waals surface area contributed by atoms with E-state index in [0.29, 0.717) is 16.1 Å². The van der Waals surface area contributed by atoms with E-state index in [9.17, 15) is 9.18 Å². The van der Waals surface area contributed by atoms with E-state index in [1.54, 1.807) is 14.0 Å². The van der Waals surface area contributed by atoms with Gasteiger partial charge in [-0.1, -0.05) is 11.6 Å². The molecule has 1 aromatic rings. The molecule has 2 nitrogen and oxygen atoms in total. The number of ketones is 1. The van der Waals surface area contributed by atoms with Crippen LogP contribution in [0, 0.1) is 12.7 Å². The molecule has 0 saturated carbocycles. The van der Waals surface area contributed by atoms with E-state index in [1.807, 2.05) is 0 Å². The Morgan fingerprint density at radius 3 is 2.60 bits per heavy atom. The lowest BCUT2D eigenvalue weighted by atomic mass is 10.0. The predicted octanol–water partition coefficient (Wildman–Crippen LogP) is 2.64. The second-order valence-electron chi connectivity index (χ2n) is 3.46. The lowest BCUT2D eigenvalue weighted by Crippen LogP contribution is -2.23. The van der Waals surface area contributed by atoms with E-state index in [4.69, 9.17) is 11.6 Å². The molecule has 0 aliphatic carbocycles. The van der Waals surface area contributed by atoms with Crippen LogP contribution in [0.3, 0.4) is 0 Å². The minimum absolute atomic E-state index is 0.0948. The second-order valence-corrected chi connectivity index (χ2v) is 3.86. The van der Waals surface area contributed by atoms with Crippen LogP contribution in [0.15, 0.2) is 12.1 Å². The summed E-state index contributed by atoms with van der Waals surface area (Å²) in [6.07, 6.45) is 0. The van der Waals surface area contributed by atoms with Gasteiger partial charge in [-0.2, -0.15) is 0 Å². The van der Waals surface area contributed by atoms with Gasteiger partial charge in [-0.05, 0) is 44.2 Å². The monoisotopic (exact) mass is 229 g/mol. The van der Waals surface area contributed by atoms with Crippen LogP contribution in [0.1, 0.15) is 24.1 Å². The zero-order valence-corrected chi connectivity index (χ0v) is 9.65. The van der Waals surface area contributed by atoms with E-state index in [0.717, 1.165) is 0 Å². The van der Waals surface area contributed by atoms with Crippen LogP contribution < -0.4 is 5.32 Å². The van der Waals surface area contributed by atoms with Gasteiger partial charge in [0, 0.05) is 5.02 Å². The first kappa shape index (κ1) is 12.1. The number of likely N-dealkylation sites (N-methyl/N-ethyl adjacent to an activating group) is 1. The molecule has 0 bridgehead atoms. The molecule has 82 valence electrons. The van der Waals surface area contributed by atoms with Crippen molar-refractivity contribution in [3.63, 3.8) is 0 Å². The maximum absolute atomic E-state index is 13.3. The van der Waals surface area contributed by atoms with Gasteiger partial charge in [-0.15, -0.1) is 0 Å². The average molecular weight is 230 g/mol. The van der Waals surface area contributed by atoms with E-state index >= 15 is 0 Å². The molecule has 0 aliphatic rings. The van der Waals surface area contributed by atoms with Crippen LogP contribution in [0.5, 0.6) is 0 Å². The number of nitrogens with one attached hydrogen (secondary N) is 1. The fraction of sp³-hybridized carbons (Fsp3) is 0.364. The van der Waals surface area contributed by atoms with E-state index in [2.05, 4.69) is 5.32 Å². The number of hydrogen-bond acceptors (Lipinski definition) is 2. The van der Waals surface area contributed by atoms with Crippen molar-refractivity contribution in [2.24, 2.45) is 0 Å². The van der Waals surface area contributed by atoms with Crippen LogP contribution in [0.4, 0.5) is 4.39 Å². The van der Waals surface area contributed by atoms with Crippen molar-refractivity contribution in [2.75, 3.05) is 7.05 Å². The highest BCUT2D eigenvalue weighted by Crippen LogP contribution is 2.26. The molecule has 0 radical (unpaired) electrons. The predicted molar refractivity (Wildman–Crippen MR) is 58.6 cm³/mol. The first-order chi connectivity index (χ1) is 6.97. The molecule has 15 heavy (non-hydrogen) atoms. The van der Waals surface area contributed by atoms with Gasteiger partial charge < -0.3 is 5.32 Å². The molecule has 0 spiro atoms. The van der Waals surface area contributed by atoms with Crippen molar-refractivity contribution in [1.29, 1.82) is 0 Å². The summed E-state index contributed by atoms with van der Waals surface area (Å²) >= 11 is 5.96. The largest absolute Gasteiger partial charge is 0.307 e. The number of hydrogen-bond donors (Lipinski definition) is 1. The van der Waals surface area contributed by atoms with Crippen molar-refractivity contribution in [2.45, 2.75) is 19.9 Å². The molecule has 1 rings (SSSR count). The Kier molecular flexibility index (Phi) is 3.83. The molecule has 1 unspecified atom stereocenters. The summed E-state index contributed by atoms with van der Waals surface area (Å²) in [4.78, 5) is 11.3. The Morgan fingerprint density at radius 1 is 1.53 bits per heavy atom. The number of benzene rings is 1. The Morgan fingerprint density at radius 2 is 2.13 bits per heavy atom. The van der Waals surface area contributed by atoms with Gasteiger partial charge in [0.05, 0.1) is 6.04 Å². The Balaban J connectivity index is 3.24. The summed E-state index contributed by atoms with van der Waals surface area (Å²) in [7, 11) is 1.64. The van der Waals surface area contributed by atoms with E-state index in [1.165, 1.54) is 19.1 Å². The highest BCUT2D eigenvalue weighted by Gasteiger charge is 2.18. The minimum atomic E-state index is -0.549. The summed E-state index contributed by atoms with van der Waals surface area (Å²) in [5.41, 5.74) is 0.955. The van der Waals surface area contributed by atoms with Crippen LogP contribution in [0.2, 0.25) is 5.02 Å². The third-order valence-electron chi connectivity index (χ3n) is 2.28. The normalized spacial score (nSPS) is 12.6. The smallest absolute Gasteiger partial charge is 0.151 e. The number of Topliss-reactive ketones (excluding diaryl/α,β-unsaturated/α-hetero) is 1. The summed E-state index contributed by atoms with van der Waals surface area (Å²) in [5.74, 6) is -0.446. The lowest BCUT2D eigenvalue weighted by molar-refractivity contribution is -0.119. The first-order valence-corrected chi connectivity index (χ1v) is 4.98. The number of carbonyl (C=O) groups excluding carboxylic acids is 1. The highest BCUT2D eigenvalue weighted by molar-refractivity contribution is 6.31. The Labute approximate surface area is 93.4 Å². The molecule has 1 atom stereocenters. The van der Waals surface area contributed by atoms with Crippen molar-refractivity contribution in [3.05, 3.63) is 34.1 Å². The zero-order valence-electron chi connectivity index (χ0n) is 8.90. The molecular formula is C11H13ClFNO. The van der Waals surface area contributed by atoms with E-state index < -0.39 is 6.04 Å². The number of rotatable bonds is 3. The maximum atomic E-state index is 13.3. The average Bonchev–Trinajstić information content (AvgIpc) is 2.14. The highest BCUT2D eigenvalue weighted by atomic mass is 35.5. The fourth-order valence-corrected chi connectivity index (χ4v) is 1.79. The second kappa shape index (κ2) is 4.73. The standard InChI is InChI=1S/C11H13ClFNO/c1-6-4-9(12)8(5-10(6)13)11(14-3)7(2)15/h4-5,11,14H,1-3H3. The van der Waals surface area contributed by atoms with Gasteiger partial charge in [0.25, 0.3) is 0 Å². The van der Waals surface area contributed by atoms with Crippen molar-refractivity contribution in [1.82, 2.24) is 5.32 Å². The van der Waals surface area contributed by atoms with Crippen LogP contribution in [0.25, 0.3) is 0 Å². The van der Waals surface area contributed by atoms with Gasteiger partial charge >= 0.3 is 0 Å². The minimum Gasteiger partial charge on any atom is -0.307 e. The third-order valence-corrected chi connectivity index (χ3v) is 2.61. The summed E-state index contributed by atoms with van der Waals surface area (Å²) in [6.45, 7) is 3.07. The van der Waals surface area contributed by atoms with Gasteiger partial charge in [0.15, 0.2) is 5.78 Å². The Bertz CT molecular complexity index is 392. The quantitative estimate of drug-likeness (QED) is 0.864. The molecular weight excluding hydrogens is 217 g/mol. The van der Waals surface area contributed by atoms with Gasteiger partial charge in [0.1, 0.15) is 5.82 Å². The molecule has 0 amide bonds. The van der Waals surface area contributed by atoms with Crippen molar-refractivity contribution in [3.8, 4) is 0 Å². The van der Waals surface area contributed by atoms with Gasteiger partial charge in [0.2, 0.25) is 0 Å². The molecule has 1 aromatic carbocycles. The fourth-order valence-electron chi connectivity index (χ4n) is 1.46. The van der Waals surface area contributed by atoms with Gasteiger partial charge in [-0.3, -0.25) is 4.79 Å². The molecule has 0 saturated heterocycles. The van der Waals surface area contributed by atoms with Crippen molar-refractivity contribution < 1.29 is 9.18 Å². The SMILES string of the molecule is CNC(C(C)=O)c1cc(F)c(C)cc1Cl. The first-order valence-electron chi connectivity index (χ1n) is 4.60. The lowest BCUT2D eigenvalue weighted by Gasteiger charge is -2.15. The summed E-state index contributed by atoms with van der Waals surface area (Å²) < 4.78 is 13.3. The van der Waals surface area contributed by atoms with Gasteiger partial charge in [-0.25, -0.2) is 4.39 Å². The third kappa shape index (κ3) is 2.55. The van der Waals surface area contributed by atoms with Crippen LogP contribution in [-0.4, -0.2) is 12.8 Å². The number of carbonyl (C=O) groups is 1. The molecule has 0 heterocycles. The van der Waals surface area contributed by atoms with Crippen molar-refractivity contribution >= 4 is 17.4 Å². The molecule has 0 aliphatic heterocycles. The number of aryl methyl sites for hydroxylation is 1. The van der Waals surface area contributed by atoms with E-state index in [-0.39, 0.29) is 11.6 Å². The van der Waals surface area contributed by atoms with Crippen LogP contribution >= 0.6 is 11.6 Å².